The minimum Gasteiger partial charge on any atom is -0.493 e. The number of hydrogen-bond acceptors (Lipinski definition) is 3. The Morgan fingerprint density at radius 2 is 2.00 bits per heavy atom. The third-order valence-electron chi connectivity index (χ3n) is 3.54. The molecule has 0 aromatic heterocycles. The second-order valence-corrected chi connectivity index (χ2v) is 5.86. The van der Waals surface area contributed by atoms with Crippen LogP contribution in [0.3, 0.4) is 0 Å². The van der Waals surface area contributed by atoms with Crippen LogP contribution < -0.4 is 15.4 Å². The van der Waals surface area contributed by atoms with Gasteiger partial charge in [-0.1, -0.05) is 32.0 Å². The van der Waals surface area contributed by atoms with Crippen LogP contribution in [-0.2, 0) is 6.42 Å². The first-order valence-corrected chi connectivity index (χ1v) is 7.32. The van der Waals surface area contributed by atoms with Crippen molar-refractivity contribution in [3.05, 3.63) is 29.8 Å². The van der Waals surface area contributed by atoms with E-state index < -0.39 is 0 Å². The summed E-state index contributed by atoms with van der Waals surface area (Å²) >= 11 is 0. The molecule has 19 heavy (non-hydrogen) atoms. The predicted octanol–water partition coefficient (Wildman–Crippen LogP) is 2.21. The number of benzene rings is 1. The largest absolute Gasteiger partial charge is 0.493 e. The molecule has 0 aliphatic carbocycles. The zero-order valence-corrected chi connectivity index (χ0v) is 12.3. The molecule has 2 atom stereocenters. The van der Waals surface area contributed by atoms with E-state index in [2.05, 4.69) is 49.6 Å². The molecule has 0 radical (unpaired) electrons. The lowest BCUT2D eigenvalue weighted by Crippen LogP contribution is -2.42. The maximum atomic E-state index is 5.81. The van der Waals surface area contributed by atoms with Crippen molar-refractivity contribution in [2.24, 2.45) is 5.92 Å². The summed E-state index contributed by atoms with van der Waals surface area (Å²) in [5.74, 6) is 1.64. The smallest absolute Gasteiger partial charge is 0.122 e. The molecule has 3 nitrogen and oxygen atoms in total. The third-order valence-corrected chi connectivity index (χ3v) is 3.54. The second kappa shape index (κ2) is 6.92. The molecule has 2 rings (SSSR count). The van der Waals surface area contributed by atoms with E-state index >= 15 is 0 Å². The summed E-state index contributed by atoms with van der Waals surface area (Å²) in [4.78, 5) is 0. The highest BCUT2D eigenvalue weighted by atomic mass is 16.5. The summed E-state index contributed by atoms with van der Waals surface area (Å²) in [5.41, 5.74) is 1.34. The maximum absolute atomic E-state index is 5.81. The van der Waals surface area contributed by atoms with Crippen LogP contribution in [0.5, 0.6) is 5.75 Å². The predicted molar refractivity (Wildman–Crippen MR) is 79.7 cm³/mol. The number of nitrogens with one attached hydrogen (secondary N) is 2. The van der Waals surface area contributed by atoms with Crippen LogP contribution in [0.4, 0.5) is 0 Å². The van der Waals surface area contributed by atoms with Gasteiger partial charge in [0.05, 0.1) is 6.61 Å². The van der Waals surface area contributed by atoms with Gasteiger partial charge in [-0.3, -0.25) is 0 Å². The van der Waals surface area contributed by atoms with Gasteiger partial charge in [-0.2, -0.15) is 0 Å². The normalized spacial score (nSPS) is 19.9. The topological polar surface area (TPSA) is 33.3 Å². The summed E-state index contributed by atoms with van der Waals surface area (Å²) in [6.45, 7) is 9.45. The van der Waals surface area contributed by atoms with Crippen LogP contribution in [0.2, 0.25) is 0 Å². The van der Waals surface area contributed by atoms with Crippen LogP contribution in [0.15, 0.2) is 24.3 Å². The lowest BCUT2D eigenvalue weighted by atomic mass is 9.96. The summed E-state index contributed by atoms with van der Waals surface area (Å²) in [6.07, 6.45) is 1.12. The minimum atomic E-state index is 0.500. The first-order chi connectivity index (χ1) is 9.15. The fourth-order valence-corrected chi connectivity index (χ4v) is 2.37. The molecule has 1 aromatic carbocycles. The minimum absolute atomic E-state index is 0.500. The number of para-hydroxylation sites is 1. The van der Waals surface area contributed by atoms with E-state index in [1.807, 2.05) is 6.07 Å². The van der Waals surface area contributed by atoms with Crippen molar-refractivity contribution < 1.29 is 4.74 Å². The van der Waals surface area contributed by atoms with Gasteiger partial charge in [-0.05, 0) is 25.0 Å². The molecule has 0 amide bonds. The zero-order chi connectivity index (χ0) is 13.7. The lowest BCUT2D eigenvalue weighted by molar-refractivity contribution is 0.214. The van der Waals surface area contributed by atoms with Crippen molar-refractivity contribution >= 4 is 0 Å². The van der Waals surface area contributed by atoms with Gasteiger partial charge >= 0.3 is 0 Å². The van der Waals surface area contributed by atoms with Gasteiger partial charge in [0, 0.05) is 31.1 Å². The second-order valence-electron chi connectivity index (χ2n) is 5.86. The third kappa shape index (κ3) is 4.51. The quantitative estimate of drug-likeness (QED) is 0.824. The van der Waals surface area contributed by atoms with Crippen molar-refractivity contribution in [1.29, 1.82) is 0 Å². The molecular formula is C16H26N2O. The Morgan fingerprint density at radius 1 is 1.21 bits per heavy atom. The molecule has 0 saturated carbocycles. The standard InChI is InChI=1S/C16H26N2O/c1-12(2)17-9-13(3)18-10-14-8-15-6-4-5-7-16(15)19-11-14/h4-7,12-14,17-18H,8-11H2,1-3H3. The molecule has 0 bridgehead atoms. The van der Waals surface area contributed by atoms with E-state index in [1.54, 1.807) is 0 Å². The molecule has 1 aliphatic rings. The van der Waals surface area contributed by atoms with Crippen LogP contribution in [0.25, 0.3) is 0 Å². The highest BCUT2D eigenvalue weighted by Crippen LogP contribution is 2.26. The SMILES string of the molecule is CC(C)NCC(C)NCC1COc2ccccc2C1. The zero-order valence-electron chi connectivity index (χ0n) is 12.3. The van der Waals surface area contributed by atoms with Crippen LogP contribution in [0, 0.1) is 5.92 Å². The molecule has 1 aliphatic heterocycles. The van der Waals surface area contributed by atoms with Gasteiger partial charge in [0.2, 0.25) is 0 Å². The Morgan fingerprint density at radius 3 is 2.79 bits per heavy atom. The molecule has 106 valence electrons. The van der Waals surface area contributed by atoms with E-state index in [4.69, 9.17) is 4.74 Å². The molecule has 2 unspecified atom stereocenters. The highest BCUT2D eigenvalue weighted by molar-refractivity contribution is 5.35. The number of fused-ring (bicyclic) bond motifs is 1. The van der Waals surface area contributed by atoms with E-state index in [1.165, 1.54) is 5.56 Å². The molecule has 0 saturated heterocycles. The average Bonchev–Trinajstić information content (AvgIpc) is 2.42. The summed E-state index contributed by atoms with van der Waals surface area (Å²) < 4.78 is 5.81. The molecule has 1 aromatic rings. The lowest BCUT2D eigenvalue weighted by Gasteiger charge is -2.27. The molecule has 3 heteroatoms. The van der Waals surface area contributed by atoms with Crippen molar-refractivity contribution in [2.45, 2.75) is 39.3 Å². The van der Waals surface area contributed by atoms with E-state index in [-0.39, 0.29) is 0 Å². The van der Waals surface area contributed by atoms with Crippen LogP contribution >= 0.6 is 0 Å². The Balaban J connectivity index is 1.73. The van der Waals surface area contributed by atoms with Crippen molar-refractivity contribution in [3.8, 4) is 5.75 Å². The van der Waals surface area contributed by atoms with Gasteiger partial charge in [0.15, 0.2) is 0 Å². The Kier molecular flexibility index (Phi) is 5.23. The van der Waals surface area contributed by atoms with Crippen molar-refractivity contribution in [1.82, 2.24) is 10.6 Å². The molecular weight excluding hydrogens is 236 g/mol. The first-order valence-electron chi connectivity index (χ1n) is 7.32. The van der Waals surface area contributed by atoms with Gasteiger partial charge < -0.3 is 15.4 Å². The van der Waals surface area contributed by atoms with E-state index in [9.17, 15) is 0 Å². The Hall–Kier alpha value is -1.06. The molecule has 1 heterocycles. The highest BCUT2D eigenvalue weighted by Gasteiger charge is 2.19. The monoisotopic (exact) mass is 262 g/mol. The number of hydrogen-bond donors (Lipinski definition) is 2. The van der Waals surface area contributed by atoms with Crippen LogP contribution in [0.1, 0.15) is 26.3 Å². The van der Waals surface area contributed by atoms with Crippen molar-refractivity contribution in [3.63, 3.8) is 0 Å². The Labute approximate surface area is 116 Å². The number of ether oxygens (including phenoxy) is 1. The van der Waals surface area contributed by atoms with Gasteiger partial charge in [-0.25, -0.2) is 0 Å². The fourth-order valence-electron chi connectivity index (χ4n) is 2.37. The molecule has 0 fully saturated rings. The van der Waals surface area contributed by atoms with E-state index in [0.717, 1.165) is 31.9 Å². The summed E-state index contributed by atoms with van der Waals surface area (Å²) in [6, 6.07) is 9.41. The van der Waals surface area contributed by atoms with Crippen LogP contribution in [-0.4, -0.2) is 31.8 Å². The fraction of sp³-hybridized carbons (Fsp3) is 0.625. The van der Waals surface area contributed by atoms with Gasteiger partial charge in [-0.15, -0.1) is 0 Å². The first kappa shape index (κ1) is 14.4. The van der Waals surface area contributed by atoms with Crippen molar-refractivity contribution in [2.75, 3.05) is 19.7 Å². The van der Waals surface area contributed by atoms with Gasteiger partial charge in [0.1, 0.15) is 5.75 Å². The maximum Gasteiger partial charge on any atom is 0.122 e. The summed E-state index contributed by atoms with van der Waals surface area (Å²) in [5, 5.41) is 7.05. The van der Waals surface area contributed by atoms with Gasteiger partial charge in [0.25, 0.3) is 0 Å². The average molecular weight is 262 g/mol. The molecule has 0 spiro atoms. The number of rotatable bonds is 6. The van der Waals surface area contributed by atoms with E-state index in [0.29, 0.717) is 18.0 Å². The molecule has 2 N–H and O–H groups in total. The Bertz CT molecular complexity index is 392. The summed E-state index contributed by atoms with van der Waals surface area (Å²) in [7, 11) is 0.